The van der Waals surface area contributed by atoms with Gasteiger partial charge < -0.3 is 37.0 Å². The van der Waals surface area contributed by atoms with Gasteiger partial charge in [-0.3, -0.25) is 24.0 Å². The second-order valence-electron chi connectivity index (χ2n) is 5.37. The molecule has 0 aliphatic heterocycles. The lowest BCUT2D eigenvalue weighted by molar-refractivity contribution is -0.144. The SMILES string of the molecule is NCC(=O)NCC(=O)N[C@@H](CCC(=O)O)C(=O)N[C@@H](CCC(=O)O)C(=O)O. The highest BCUT2D eigenvalue weighted by Crippen LogP contribution is 2.03. The van der Waals surface area contributed by atoms with Crippen LogP contribution >= 0.6 is 0 Å². The predicted molar refractivity (Wildman–Crippen MR) is 87.3 cm³/mol. The zero-order valence-corrected chi connectivity index (χ0v) is 14.3. The number of carbonyl (C=O) groups is 6. The van der Waals surface area contributed by atoms with Gasteiger partial charge >= 0.3 is 17.9 Å². The lowest BCUT2D eigenvalue weighted by atomic mass is 10.1. The maximum Gasteiger partial charge on any atom is 0.326 e. The molecule has 0 saturated carbocycles. The molecule has 0 rings (SSSR count). The van der Waals surface area contributed by atoms with Crippen LogP contribution in [-0.2, 0) is 28.8 Å². The molecule has 13 heteroatoms. The number of carboxylic acids is 3. The summed E-state index contributed by atoms with van der Waals surface area (Å²) in [4.78, 5) is 67.4. The van der Waals surface area contributed by atoms with Crippen molar-refractivity contribution in [3.05, 3.63) is 0 Å². The minimum atomic E-state index is -1.53. The Morgan fingerprint density at radius 1 is 0.778 bits per heavy atom. The van der Waals surface area contributed by atoms with E-state index in [1.165, 1.54) is 0 Å². The lowest BCUT2D eigenvalue weighted by Gasteiger charge is -2.21. The standard InChI is InChI=1S/C14H22N4O9/c15-5-9(19)16-6-10(20)17-7(1-3-11(21)22)13(25)18-8(14(26)27)2-4-12(23)24/h7-8H,1-6,15H2,(H,16,19)(H,17,20)(H,18,25)(H,21,22)(H,23,24)(H,26,27)/t7-,8-/m0/s1. The number of carbonyl (C=O) groups excluding carboxylic acids is 3. The van der Waals surface area contributed by atoms with Gasteiger partial charge in [0, 0.05) is 12.8 Å². The second-order valence-corrected chi connectivity index (χ2v) is 5.37. The van der Waals surface area contributed by atoms with E-state index in [1.807, 2.05) is 0 Å². The van der Waals surface area contributed by atoms with E-state index in [9.17, 15) is 28.8 Å². The smallest absolute Gasteiger partial charge is 0.326 e. The van der Waals surface area contributed by atoms with Crippen LogP contribution in [-0.4, -0.2) is 76.1 Å². The van der Waals surface area contributed by atoms with E-state index >= 15 is 0 Å². The number of hydrogen-bond donors (Lipinski definition) is 7. The van der Waals surface area contributed by atoms with Crippen LogP contribution < -0.4 is 21.7 Å². The van der Waals surface area contributed by atoms with Gasteiger partial charge in [-0.15, -0.1) is 0 Å². The third kappa shape index (κ3) is 11.1. The van der Waals surface area contributed by atoms with Crippen LogP contribution in [0.1, 0.15) is 25.7 Å². The van der Waals surface area contributed by atoms with Gasteiger partial charge in [0.15, 0.2) is 0 Å². The van der Waals surface area contributed by atoms with Gasteiger partial charge in [-0.25, -0.2) is 4.79 Å². The number of nitrogens with two attached hydrogens (primary N) is 1. The molecule has 0 heterocycles. The summed E-state index contributed by atoms with van der Waals surface area (Å²) in [6.07, 6.45) is -1.76. The number of carboxylic acid groups (broad SMARTS) is 3. The Labute approximate surface area is 153 Å². The van der Waals surface area contributed by atoms with Crippen LogP contribution in [0.4, 0.5) is 0 Å². The molecule has 0 aromatic carbocycles. The molecule has 13 nitrogen and oxygen atoms in total. The Morgan fingerprint density at radius 2 is 1.30 bits per heavy atom. The molecule has 0 bridgehead atoms. The molecule has 0 saturated heterocycles. The molecule has 3 amide bonds. The number of hydrogen-bond acceptors (Lipinski definition) is 7. The first-order valence-corrected chi connectivity index (χ1v) is 7.79. The molecule has 0 spiro atoms. The molecular formula is C14H22N4O9. The van der Waals surface area contributed by atoms with Crippen LogP contribution in [0.3, 0.4) is 0 Å². The van der Waals surface area contributed by atoms with Crippen LogP contribution in [0, 0.1) is 0 Å². The predicted octanol–water partition coefficient (Wildman–Crippen LogP) is -3.15. The topological polar surface area (TPSA) is 225 Å². The quantitative estimate of drug-likeness (QED) is 0.167. The van der Waals surface area contributed by atoms with E-state index in [0.717, 1.165) is 0 Å². The summed E-state index contributed by atoms with van der Waals surface area (Å²) >= 11 is 0. The van der Waals surface area contributed by atoms with Crippen molar-refractivity contribution in [1.82, 2.24) is 16.0 Å². The summed E-state index contributed by atoms with van der Waals surface area (Å²) in [5.74, 6) is -6.44. The Morgan fingerprint density at radius 3 is 1.74 bits per heavy atom. The van der Waals surface area contributed by atoms with Gasteiger partial charge in [-0.05, 0) is 12.8 Å². The molecular weight excluding hydrogens is 368 g/mol. The van der Waals surface area contributed by atoms with Crippen molar-refractivity contribution in [2.24, 2.45) is 5.73 Å². The van der Waals surface area contributed by atoms with Crippen molar-refractivity contribution in [2.45, 2.75) is 37.8 Å². The van der Waals surface area contributed by atoms with Gasteiger partial charge in [0.25, 0.3) is 0 Å². The average molecular weight is 390 g/mol. The van der Waals surface area contributed by atoms with E-state index in [0.29, 0.717) is 0 Å². The van der Waals surface area contributed by atoms with Gasteiger partial charge in [-0.1, -0.05) is 0 Å². The zero-order chi connectivity index (χ0) is 21.0. The van der Waals surface area contributed by atoms with Crippen LogP contribution in [0.5, 0.6) is 0 Å². The maximum atomic E-state index is 12.2. The van der Waals surface area contributed by atoms with Crippen molar-refractivity contribution >= 4 is 35.6 Å². The van der Waals surface area contributed by atoms with Gasteiger partial charge in [-0.2, -0.15) is 0 Å². The molecule has 0 radical (unpaired) electrons. The highest BCUT2D eigenvalue weighted by molar-refractivity contribution is 5.92. The summed E-state index contributed by atoms with van der Waals surface area (Å²) in [6.45, 7) is -0.881. The molecule has 0 aliphatic carbocycles. The van der Waals surface area contributed by atoms with Crippen LogP contribution in [0.25, 0.3) is 0 Å². The van der Waals surface area contributed by atoms with Gasteiger partial charge in [0.1, 0.15) is 12.1 Å². The third-order valence-electron chi connectivity index (χ3n) is 3.19. The van der Waals surface area contributed by atoms with E-state index < -0.39 is 73.5 Å². The fourth-order valence-electron chi connectivity index (χ4n) is 1.83. The number of nitrogens with one attached hydrogen (secondary N) is 3. The highest BCUT2D eigenvalue weighted by Gasteiger charge is 2.27. The van der Waals surface area contributed by atoms with Crippen molar-refractivity contribution in [2.75, 3.05) is 13.1 Å². The molecule has 8 N–H and O–H groups in total. The normalized spacial score (nSPS) is 12.3. The summed E-state index contributed by atoms with van der Waals surface area (Å²) in [6, 6.07) is -2.93. The minimum Gasteiger partial charge on any atom is -0.481 e. The molecule has 27 heavy (non-hydrogen) atoms. The highest BCUT2D eigenvalue weighted by atomic mass is 16.4. The molecule has 0 unspecified atom stereocenters. The van der Waals surface area contributed by atoms with Gasteiger partial charge in [0.2, 0.25) is 17.7 Å². The Balaban J connectivity index is 4.96. The first kappa shape index (κ1) is 23.8. The number of amides is 3. The minimum absolute atomic E-state index is 0.344. The Kier molecular flexibility index (Phi) is 10.7. The van der Waals surface area contributed by atoms with Crippen molar-refractivity contribution in [3.63, 3.8) is 0 Å². The molecule has 152 valence electrons. The van der Waals surface area contributed by atoms with Crippen molar-refractivity contribution in [3.8, 4) is 0 Å². The van der Waals surface area contributed by atoms with E-state index in [-0.39, 0.29) is 13.0 Å². The van der Waals surface area contributed by atoms with Crippen LogP contribution in [0.2, 0.25) is 0 Å². The van der Waals surface area contributed by atoms with Gasteiger partial charge in [0.05, 0.1) is 13.1 Å². The van der Waals surface area contributed by atoms with E-state index in [1.54, 1.807) is 0 Å². The first-order valence-electron chi connectivity index (χ1n) is 7.79. The summed E-state index contributed by atoms with van der Waals surface area (Å²) in [5, 5.41) is 32.8. The summed E-state index contributed by atoms with van der Waals surface area (Å²) in [7, 11) is 0. The first-order chi connectivity index (χ1) is 12.6. The lowest BCUT2D eigenvalue weighted by Crippen LogP contribution is -2.53. The fourth-order valence-corrected chi connectivity index (χ4v) is 1.83. The molecule has 0 fully saturated rings. The summed E-state index contributed by atoms with van der Waals surface area (Å²) in [5.41, 5.74) is 5.05. The Bertz CT molecular complexity index is 593. The van der Waals surface area contributed by atoms with Crippen molar-refractivity contribution in [1.29, 1.82) is 0 Å². The molecule has 2 atom stereocenters. The fraction of sp³-hybridized carbons (Fsp3) is 0.571. The molecule has 0 aromatic rings. The molecule has 0 aromatic heterocycles. The summed E-state index contributed by atoms with van der Waals surface area (Å²) < 4.78 is 0. The number of rotatable bonds is 13. The van der Waals surface area contributed by atoms with E-state index in [4.69, 9.17) is 21.1 Å². The number of aliphatic carboxylic acids is 3. The zero-order valence-electron chi connectivity index (χ0n) is 14.3. The van der Waals surface area contributed by atoms with E-state index in [2.05, 4.69) is 16.0 Å². The molecule has 0 aliphatic rings. The monoisotopic (exact) mass is 390 g/mol. The third-order valence-corrected chi connectivity index (χ3v) is 3.19. The second kappa shape index (κ2) is 12.2. The average Bonchev–Trinajstić information content (AvgIpc) is 2.58. The van der Waals surface area contributed by atoms with Crippen LogP contribution in [0.15, 0.2) is 0 Å². The largest absolute Gasteiger partial charge is 0.481 e. The van der Waals surface area contributed by atoms with Crippen molar-refractivity contribution < 1.29 is 44.1 Å². The maximum absolute atomic E-state index is 12.2. The Hall–Kier alpha value is -3.22.